The average molecular weight is 751 g/mol. The highest BCUT2D eigenvalue weighted by molar-refractivity contribution is 6.27. The molecule has 1 aliphatic rings. The monoisotopic (exact) mass is 750 g/mol. The summed E-state index contributed by atoms with van der Waals surface area (Å²) in [6, 6.07) is 72.4. The van der Waals surface area contributed by atoms with E-state index in [0.717, 1.165) is 0 Å². The van der Waals surface area contributed by atoms with Gasteiger partial charge in [-0.2, -0.15) is 0 Å². The molecule has 276 valence electrons. The van der Waals surface area contributed by atoms with E-state index in [1.165, 1.54) is 120 Å². The molecule has 2 heterocycles. The van der Waals surface area contributed by atoms with E-state index in [2.05, 4.69) is 217 Å². The molecule has 1 aliphatic heterocycles. The van der Waals surface area contributed by atoms with Gasteiger partial charge >= 0.3 is 0 Å². The largest absolute Gasteiger partial charge is 0.310 e. The van der Waals surface area contributed by atoms with Crippen molar-refractivity contribution < 1.29 is 0 Å². The summed E-state index contributed by atoms with van der Waals surface area (Å²) in [5.41, 5.74) is 9.62. The molecule has 0 saturated carbocycles. The number of nitrogens with zero attached hydrogens (tertiary/aromatic N) is 2. The Kier molecular flexibility index (Phi) is 6.54. The van der Waals surface area contributed by atoms with E-state index >= 15 is 0 Å². The molecule has 0 aliphatic carbocycles. The first-order valence-corrected chi connectivity index (χ1v) is 20.7. The van der Waals surface area contributed by atoms with Gasteiger partial charge in [0, 0.05) is 27.6 Å². The molecule has 59 heavy (non-hydrogen) atoms. The van der Waals surface area contributed by atoms with Gasteiger partial charge in [-0.1, -0.05) is 159 Å². The summed E-state index contributed by atoms with van der Waals surface area (Å²) in [5, 5.41) is 18.0. The van der Waals surface area contributed by atoms with Crippen LogP contribution >= 0.6 is 0 Å². The molecule has 0 saturated heterocycles. The molecule has 0 N–H and O–H groups in total. The van der Waals surface area contributed by atoms with Crippen LogP contribution in [0.4, 0.5) is 17.1 Å². The van der Waals surface area contributed by atoms with Crippen molar-refractivity contribution in [3.8, 4) is 5.69 Å². The summed E-state index contributed by atoms with van der Waals surface area (Å²) >= 11 is 0. The predicted octanol–water partition coefficient (Wildman–Crippen LogP) is 15.8. The summed E-state index contributed by atoms with van der Waals surface area (Å²) in [5.74, 6) is 0. The van der Waals surface area contributed by atoms with Crippen molar-refractivity contribution in [2.75, 3.05) is 4.90 Å². The number of fused-ring (bicyclic) bond motifs is 18. The Hall–Kier alpha value is -7.42. The Bertz CT molecular complexity index is 3700. The number of aromatic nitrogens is 1. The minimum atomic E-state index is -0.283. The van der Waals surface area contributed by atoms with Crippen molar-refractivity contribution in [2.45, 2.75) is 19.3 Å². The van der Waals surface area contributed by atoms with Crippen LogP contribution in [0.2, 0.25) is 0 Å². The second kappa shape index (κ2) is 11.8. The highest BCUT2D eigenvalue weighted by Crippen LogP contribution is 2.56. The summed E-state index contributed by atoms with van der Waals surface area (Å²) in [7, 11) is 0. The molecule has 0 atom stereocenters. The zero-order valence-electron chi connectivity index (χ0n) is 32.9. The van der Waals surface area contributed by atoms with Crippen LogP contribution in [0.5, 0.6) is 0 Å². The second-order valence-corrected chi connectivity index (χ2v) is 16.8. The van der Waals surface area contributed by atoms with Gasteiger partial charge in [0.2, 0.25) is 0 Å². The fraction of sp³-hybridized carbons (Fsp3) is 0.0526. The van der Waals surface area contributed by atoms with Crippen LogP contribution in [-0.2, 0) is 5.41 Å². The lowest BCUT2D eigenvalue weighted by Crippen LogP contribution is -2.30. The van der Waals surface area contributed by atoms with Gasteiger partial charge in [-0.05, 0) is 124 Å². The van der Waals surface area contributed by atoms with E-state index < -0.39 is 0 Å². The van der Waals surface area contributed by atoms with Crippen molar-refractivity contribution >= 4 is 104 Å². The highest BCUT2D eigenvalue weighted by atomic mass is 15.2. The van der Waals surface area contributed by atoms with Gasteiger partial charge in [-0.25, -0.2) is 0 Å². The Labute approximate surface area is 341 Å². The van der Waals surface area contributed by atoms with Crippen LogP contribution in [-0.4, -0.2) is 4.57 Å². The third kappa shape index (κ3) is 4.35. The number of benzene rings is 11. The Balaban J connectivity index is 1.10. The van der Waals surface area contributed by atoms with E-state index in [-0.39, 0.29) is 5.41 Å². The lowest BCUT2D eigenvalue weighted by atomic mass is 9.72. The smallest absolute Gasteiger partial charge is 0.0545 e. The van der Waals surface area contributed by atoms with Crippen molar-refractivity contribution in [1.82, 2.24) is 4.57 Å². The summed E-state index contributed by atoms with van der Waals surface area (Å²) in [6.45, 7) is 4.84. The molecule has 0 spiro atoms. The highest BCUT2D eigenvalue weighted by Gasteiger charge is 2.39. The molecule has 0 fully saturated rings. The summed E-state index contributed by atoms with van der Waals surface area (Å²) in [4.78, 5) is 2.53. The molecule has 0 amide bonds. The zero-order valence-corrected chi connectivity index (χ0v) is 32.9. The Morgan fingerprint density at radius 1 is 0.322 bits per heavy atom. The first kappa shape index (κ1) is 32.6. The van der Waals surface area contributed by atoms with E-state index in [9.17, 15) is 0 Å². The van der Waals surface area contributed by atoms with Gasteiger partial charge in [-0.15, -0.1) is 0 Å². The van der Waals surface area contributed by atoms with Gasteiger partial charge in [0.25, 0.3) is 0 Å². The standard InChI is InChI=1S/C57H38N2/c1-57(2)50-24-12-14-26-52(50)59(36-28-30-46-42-20-6-4-16-38(42)40-18-8-10-22-44(40)49(46)34-36)54-32-31-53-55(56(54)57)47-23-11-13-25-51(47)58(53)35-27-29-45-41-19-5-3-15-37(41)39-17-7-9-21-43(39)48(45)33-35/h3-34H,1-2H3. The fourth-order valence-electron chi connectivity index (χ4n) is 11.0. The number of rotatable bonds is 2. The average Bonchev–Trinajstić information content (AvgIpc) is 3.63. The summed E-state index contributed by atoms with van der Waals surface area (Å²) in [6.07, 6.45) is 0. The van der Waals surface area contributed by atoms with Crippen molar-refractivity contribution in [2.24, 2.45) is 0 Å². The van der Waals surface area contributed by atoms with Gasteiger partial charge < -0.3 is 9.47 Å². The molecular weight excluding hydrogens is 713 g/mol. The molecular formula is C57H38N2. The zero-order chi connectivity index (χ0) is 39.0. The molecule has 12 aromatic rings. The molecule has 0 bridgehead atoms. The maximum atomic E-state index is 2.53. The SMILES string of the molecule is CC1(C)c2ccccc2N(c2ccc3c4ccccc4c4ccccc4c3c2)c2ccc3c(c21)c1ccccc1n3-c1ccc2c3ccccc3c3ccccc3c2c1. The van der Waals surface area contributed by atoms with E-state index in [1.54, 1.807) is 0 Å². The molecule has 1 aromatic heterocycles. The molecule has 2 nitrogen and oxygen atoms in total. The third-order valence-corrected chi connectivity index (χ3v) is 13.5. The number of para-hydroxylation sites is 2. The van der Waals surface area contributed by atoms with Crippen LogP contribution in [0.25, 0.3) is 92.1 Å². The topological polar surface area (TPSA) is 8.17 Å². The molecule has 0 unspecified atom stereocenters. The van der Waals surface area contributed by atoms with E-state index in [4.69, 9.17) is 0 Å². The van der Waals surface area contributed by atoms with Crippen molar-refractivity contribution in [1.29, 1.82) is 0 Å². The van der Waals surface area contributed by atoms with E-state index in [1.807, 2.05) is 0 Å². The number of hydrogen-bond donors (Lipinski definition) is 0. The maximum absolute atomic E-state index is 2.53. The molecule has 0 radical (unpaired) electrons. The minimum absolute atomic E-state index is 0.283. The van der Waals surface area contributed by atoms with Crippen LogP contribution in [0, 0.1) is 0 Å². The normalized spacial score (nSPS) is 13.7. The quantitative estimate of drug-likeness (QED) is 0.160. The summed E-state index contributed by atoms with van der Waals surface area (Å²) < 4.78 is 2.50. The number of hydrogen-bond acceptors (Lipinski definition) is 1. The van der Waals surface area contributed by atoms with Crippen LogP contribution in [0.15, 0.2) is 194 Å². The minimum Gasteiger partial charge on any atom is -0.310 e. The maximum Gasteiger partial charge on any atom is 0.0545 e. The van der Waals surface area contributed by atoms with Gasteiger partial charge in [0.15, 0.2) is 0 Å². The van der Waals surface area contributed by atoms with Crippen LogP contribution in [0.3, 0.4) is 0 Å². The van der Waals surface area contributed by atoms with Crippen LogP contribution in [0.1, 0.15) is 25.0 Å². The molecule has 11 aromatic carbocycles. The Morgan fingerprint density at radius 2 is 0.746 bits per heavy atom. The van der Waals surface area contributed by atoms with Gasteiger partial charge in [0.1, 0.15) is 0 Å². The lowest BCUT2D eigenvalue weighted by molar-refractivity contribution is 0.638. The predicted molar refractivity (Wildman–Crippen MR) is 253 cm³/mol. The van der Waals surface area contributed by atoms with E-state index in [0.29, 0.717) is 0 Å². The number of anilines is 3. The molecule has 2 heteroatoms. The van der Waals surface area contributed by atoms with Crippen LogP contribution < -0.4 is 4.90 Å². The fourth-order valence-corrected chi connectivity index (χ4v) is 11.0. The third-order valence-electron chi connectivity index (χ3n) is 13.5. The second-order valence-electron chi connectivity index (χ2n) is 16.8. The first-order valence-electron chi connectivity index (χ1n) is 20.7. The van der Waals surface area contributed by atoms with Gasteiger partial charge in [-0.3, -0.25) is 0 Å². The molecule has 13 rings (SSSR count). The Morgan fingerprint density at radius 3 is 1.31 bits per heavy atom. The van der Waals surface area contributed by atoms with Crippen molar-refractivity contribution in [3.05, 3.63) is 205 Å². The van der Waals surface area contributed by atoms with Gasteiger partial charge in [0.05, 0.1) is 22.4 Å². The lowest BCUT2D eigenvalue weighted by Gasteiger charge is -2.42. The first-order chi connectivity index (χ1) is 29.1. The van der Waals surface area contributed by atoms with Crippen molar-refractivity contribution in [3.63, 3.8) is 0 Å².